The van der Waals surface area contributed by atoms with E-state index < -0.39 is 5.97 Å². The Morgan fingerprint density at radius 3 is 2.93 bits per heavy atom. The number of imidazole rings is 1. The van der Waals surface area contributed by atoms with E-state index in [-0.39, 0.29) is 47.2 Å². The Hall–Kier alpha value is -2.16. The van der Waals surface area contributed by atoms with E-state index in [0.29, 0.717) is 29.3 Å². The number of hydrogen-bond acceptors (Lipinski definition) is 6. The molecule has 1 aliphatic carbocycles. The van der Waals surface area contributed by atoms with Crippen LogP contribution >= 0.6 is 0 Å². The number of rotatable bonds is 3. The minimum absolute atomic E-state index is 0. The van der Waals surface area contributed by atoms with Crippen molar-refractivity contribution < 1.29 is 49.0 Å². The van der Waals surface area contributed by atoms with Crippen LogP contribution in [0.5, 0.6) is 5.88 Å². The number of carbonyl (C=O) groups is 2. The van der Waals surface area contributed by atoms with Crippen molar-refractivity contribution in [2.45, 2.75) is 31.7 Å². The molecule has 4 heterocycles. The predicted molar refractivity (Wildman–Crippen MR) is 87.9 cm³/mol. The normalized spacial score (nSPS) is 21.6. The fourth-order valence-electron chi connectivity index (χ4n) is 4.11. The molecule has 3 aliphatic rings. The van der Waals surface area contributed by atoms with Gasteiger partial charge in [0, 0.05) is 23.0 Å². The Kier molecular flexibility index (Phi) is 4.37. The molecule has 0 spiro atoms. The molecule has 0 bridgehead atoms. The smallest absolute Gasteiger partial charge is 0.543 e. The van der Waals surface area contributed by atoms with Gasteiger partial charge in [0.15, 0.2) is 0 Å². The number of β-lactam (4-membered cyclic amide) rings is 1. The zero-order chi connectivity index (χ0) is 18.0. The van der Waals surface area contributed by atoms with Gasteiger partial charge >= 0.3 is 29.6 Å². The summed E-state index contributed by atoms with van der Waals surface area (Å²) >= 11 is 0. The van der Waals surface area contributed by atoms with Crippen LogP contribution in [0, 0.1) is 0 Å². The summed E-state index contributed by atoms with van der Waals surface area (Å²) in [7, 11) is 1.60. The number of nitrogens with zero attached hydrogens (tertiary/aromatic N) is 4. The van der Waals surface area contributed by atoms with Crippen LogP contribution in [0.15, 0.2) is 23.5 Å². The summed E-state index contributed by atoms with van der Waals surface area (Å²) in [6, 6.07) is -0.242. The second-order valence-electron chi connectivity index (χ2n) is 6.64. The third-order valence-corrected chi connectivity index (χ3v) is 5.28. The van der Waals surface area contributed by atoms with Gasteiger partial charge in [-0.1, -0.05) is 6.08 Å². The third-order valence-electron chi connectivity index (χ3n) is 5.28. The molecule has 0 aromatic carbocycles. The van der Waals surface area contributed by atoms with Crippen molar-refractivity contribution in [2.75, 3.05) is 7.11 Å². The number of aromatic nitrogens is 3. The topological polar surface area (TPSA) is 99.9 Å². The van der Waals surface area contributed by atoms with Crippen molar-refractivity contribution in [3.8, 4) is 5.88 Å². The molecule has 0 radical (unpaired) electrons. The SMILES string of the molecule is COc1nc2nc(/C=C3/C(=O)N4C(C(=O)[O-])=CCC34)cn2c2c1CCC2.[Na+]. The average Bonchev–Trinajstić information content (AvgIpc) is 3.33. The Labute approximate surface area is 176 Å². The van der Waals surface area contributed by atoms with E-state index in [1.807, 2.05) is 10.6 Å². The fraction of sp³-hybridized carbons (Fsp3) is 0.333. The largest absolute Gasteiger partial charge is 1.00 e. The molecule has 132 valence electrons. The van der Waals surface area contributed by atoms with E-state index >= 15 is 0 Å². The van der Waals surface area contributed by atoms with Gasteiger partial charge in [-0.15, -0.1) is 0 Å². The van der Waals surface area contributed by atoms with Crippen LogP contribution in [-0.4, -0.2) is 44.3 Å². The Balaban J connectivity index is 0.00000180. The average molecular weight is 374 g/mol. The third kappa shape index (κ3) is 2.55. The van der Waals surface area contributed by atoms with Crippen LogP contribution in [-0.2, 0) is 22.4 Å². The number of fused-ring (bicyclic) bond motifs is 4. The molecule has 9 heteroatoms. The molecule has 1 saturated heterocycles. The van der Waals surface area contributed by atoms with Gasteiger partial charge in [0.05, 0.1) is 30.5 Å². The molecule has 2 aromatic heterocycles. The molecule has 5 rings (SSSR count). The molecule has 1 atom stereocenters. The number of hydrogen-bond donors (Lipinski definition) is 0. The van der Waals surface area contributed by atoms with E-state index in [4.69, 9.17) is 4.74 Å². The van der Waals surface area contributed by atoms with E-state index in [0.717, 1.165) is 30.5 Å². The van der Waals surface area contributed by atoms with E-state index in [2.05, 4.69) is 9.97 Å². The first-order valence-electron chi connectivity index (χ1n) is 8.50. The molecule has 1 fully saturated rings. The van der Waals surface area contributed by atoms with Gasteiger partial charge < -0.3 is 14.6 Å². The molecule has 1 amide bonds. The van der Waals surface area contributed by atoms with Gasteiger partial charge in [-0.2, -0.15) is 4.98 Å². The fourth-order valence-corrected chi connectivity index (χ4v) is 4.11. The maximum absolute atomic E-state index is 12.3. The number of methoxy groups -OCH3 is 1. The summed E-state index contributed by atoms with van der Waals surface area (Å²) in [5.74, 6) is -0.479. The van der Waals surface area contributed by atoms with Gasteiger partial charge in [-0.05, 0) is 31.8 Å². The Bertz CT molecular complexity index is 1060. The molecule has 2 aromatic rings. The second kappa shape index (κ2) is 6.47. The van der Waals surface area contributed by atoms with Gasteiger partial charge in [0.2, 0.25) is 11.7 Å². The quantitative estimate of drug-likeness (QED) is 0.320. The van der Waals surface area contributed by atoms with Crippen LogP contribution in [0.4, 0.5) is 0 Å². The van der Waals surface area contributed by atoms with Crippen LogP contribution < -0.4 is 39.4 Å². The monoisotopic (exact) mass is 374 g/mol. The number of ether oxygens (including phenoxy) is 1. The summed E-state index contributed by atoms with van der Waals surface area (Å²) < 4.78 is 7.34. The summed E-state index contributed by atoms with van der Waals surface area (Å²) in [6.45, 7) is 0. The van der Waals surface area contributed by atoms with Gasteiger partial charge in [0.25, 0.3) is 5.91 Å². The maximum Gasteiger partial charge on any atom is 1.00 e. The number of carbonyl (C=O) groups excluding carboxylic acids is 2. The van der Waals surface area contributed by atoms with Crippen molar-refractivity contribution in [3.63, 3.8) is 0 Å². The predicted octanol–water partition coefficient (Wildman–Crippen LogP) is -3.14. The van der Waals surface area contributed by atoms with Crippen LogP contribution in [0.1, 0.15) is 29.8 Å². The molecule has 0 N–H and O–H groups in total. The second-order valence-corrected chi connectivity index (χ2v) is 6.64. The number of carboxylic acids is 1. The minimum Gasteiger partial charge on any atom is -0.543 e. The van der Waals surface area contributed by atoms with Crippen LogP contribution in [0.2, 0.25) is 0 Å². The first-order valence-corrected chi connectivity index (χ1v) is 8.50. The molecule has 8 nitrogen and oxygen atoms in total. The summed E-state index contributed by atoms with van der Waals surface area (Å²) in [4.78, 5) is 33.6. The summed E-state index contributed by atoms with van der Waals surface area (Å²) in [6.07, 6.45) is 8.52. The van der Waals surface area contributed by atoms with Gasteiger partial charge in [0.1, 0.15) is 0 Å². The van der Waals surface area contributed by atoms with Crippen molar-refractivity contribution in [3.05, 3.63) is 40.5 Å². The molecule has 1 unspecified atom stereocenters. The number of aliphatic carboxylic acids is 1. The molecule has 2 aliphatic heterocycles. The van der Waals surface area contributed by atoms with Crippen LogP contribution in [0.3, 0.4) is 0 Å². The van der Waals surface area contributed by atoms with E-state index in [1.54, 1.807) is 13.2 Å². The maximum atomic E-state index is 12.3. The number of carboxylic acid groups (broad SMARTS) is 1. The minimum atomic E-state index is -1.32. The zero-order valence-electron chi connectivity index (χ0n) is 15.1. The first-order chi connectivity index (χ1) is 12.6. The Morgan fingerprint density at radius 1 is 1.37 bits per heavy atom. The van der Waals surface area contributed by atoms with Crippen molar-refractivity contribution in [1.29, 1.82) is 0 Å². The van der Waals surface area contributed by atoms with Crippen molar-refractivity contribution in [1.82, 2.24) is 19.3 Å². The molecule has 27 heavy (non-hydrogen) atoms. The van der Waals surface area contributed by atoms with Gasteiger partial charge in [-0.3, -0.25) is 14.1 Å². The first kappa shape index (κ1) is 18.2. The summed E-state index contributed by atoms with van der Waals surface area (Å²) in [5, 5.41) is 11.1. The zero-order valence-corrected chi connectivity index (χ0v) is 17.1. The number of amides is 1. The molecule has 0 saturated carbocycles. The van der Waals surface area contributed by atoms with Crippen LogP contribution in [0.25, 0.3) is 11.9 Å². The van der Waals surface area contributed by atoms with E-state index in [1.165, 1.54) is 11.0 Å². The molecular weight excluding hydrogens is 359 g/mol. The van der Waals surface area contributed by atoms with Crippen molar-refractivity contribution in [2.24, 2.45) is 0 Å². The standard InChI is InChI=1S/C18H16N4O4.Na/c1-26-15-10-3-2-4-12(10)21-8-9(19-18(21)20-15)7-11-13-5-6-14(17(24)25)22(13)16(11)23;/h6-8,13H,2-5H2,1H3,(H,24,25);/q;+1/p-1/b11-7+;. The Morgan fingerprint density at radius 2 is 2.19 bits per heavy atom. The van der Waals surface area contributed by atoms with Gasteiger partial charge in [-0.25, -0.2) is 4.98 Å². The number of aryl methyl sites for hydroxylation is 1. The van der Waals surface area contributed by atoms with Crippen molar-refractivity contribution >= 4 is 23.7 Å². The van der Waals surface area contributed by atoms with E-state index in [9.17, 15) is 14.7 Å². The molecular formula is C18H15N4NaO4. The summed E-state index contributed by atoms with van der Waals surface area (Å²) in [5.41, 5.74) is 3.40.